The molecule has 0 saturated carbocycles. The number of rotatable bonds is 5. The minimum atomic E-state index is 0.670. The van der Waals surface area contributed by atoms with E-state index in [1.807, 2.05) is 4.68 Å². The fourth-order valence-electron chi connectivity index (χ4n) is 1.92. The highest BCUT2D eigenvalue weighted by molar-refractivity contribution is 5.21. The van der Waals surface area contributed by atoms with Gasteiger partial charge in [0, 0.05) is 50.3 Å². The van der Waals surface area contributed by atoms with E-state index in [2.05, 4.69) is 35.0 Å². The van der Waals surface area contributed by atoms with Crippen LogP contribution in [0, 0.1) is 0 Å². The summed E-state index contributed by atoms with van der Waals surface area (Å²) in [5, 5.41) is 7.75. The van der Waals surface area contributed by atoms with Crippen molar-refractivity contribution < 1.29 is 0 Å². The first kappa shape index (κ1) is 11.2. The second kappa shape index (κ2) is 4.67. The summed E-state index contributed by atoms with van der Waals surface area (Å²) in [4.78, 5) is 2.31. The third kappa shape index (κ3) is 2.43. The molecule has 0 radical (unpaired) electrons. The van der Waals surface area contributed by atoms with Crippen LogP contribution in [0.5, 0.6) is 0 Å². The standard InChI is InChI=1S/C11H19N5/c1-3-16-6-10-5-15(7-11(10)14-16)8-13-4-9(2)12/h6,13H,2-5,7-8,12H2,1H3. The number of hydrogen-bond acceptors (Lipinski definition) is 4. The Labute approximate surface area is 95.9 Å². The van der Waals surface area contributed by atoms with Gasteiger partial charge in [0.25, 0.3) is 0 Å². The molecule has 0 saturated heterocycles. The van der Waals surface area contributed by atoms with Crippen molar-refractivity contribution >= 4 is 0 Å². The first-order valence-electron chi connectivity index (χ1n) is 5.60. The SMILES string of the molecule is C=C(N)CNCN1Cc2cn(CC)nc2C1. The highest BCUT2D eigenvalue weighted by Crippen LogP contribution is 2.20. The minimum absolute atomic E-state index is 0.670. The molecule has 5 nitrogen and oxygen atoms in total. The van der Waals surface area contributed by atoms with Crippen molar-refractivity contribution in [2.24, 2.45) is 5.73 Å². The molecule has 1 aliphatic heterocycles. The maximum Gasteiger partial charge on any atom is 0.0810 e. The predicted molar refractivity (Wildman–Crippen MR) is 63.3 cm³/mol. The number of nitrogens with zero attached hydrogens (tertiary/aromatic N) is 3. The van der Waals surface area contributed by atoms with Crippen molar-refractivity contribution in [2.75, 3.05) is 13.2 Å². The number of aromatic nitrogens is 2. The van der Waals surface area contributed by atoms with E-state index in [-0.39, 0.29) is 0 Å². The lowest BCUT2D eigenvalue weighted by Gasteiger charge is -2.15. The molecule has 88 valence electrons. The molecule has 1 aromatic heterocycles. The van der Waals surface area contributed by atoms with E-state index in [1.165, 1.54) is 11.3 Å². The molecular weight excluding hydrogens is 202 g/mol. The average Bonchev–Trinajstić information content (AvgIpc) is 2.74. The Morgan fingerprint density at radius 2 is 2.44 bits per heavy atom. The molecule has 0 aliphatic carbocycles. The molecule has 1 aliphatic rings. The molecular formula is C11H19N5. The molecule has 0 bridgehead atoms. The van der Waals surface area contributed by atoms with Crippen molar-refractivity contribution in [3.8, 4) is 0 Å². The van der Waals surface area contributed by atoms with Crippen molar-refractivity contribution in [1.82, 2.24) is 20.0 Å². The second-order valence-corrected chi connectivity index (χ2v) is 4.19. The lowest BCUT2D eigenvalue weighted by molar-refractivity contribution is 0.259. The van der Waals surface area contributed by atoms with Gasteiger partial charge in [-0.25, -0.2) is 0 Å². The fourth-order valence-corrected chi connectivity index (χ4v) is 1.92. The monoisotopic (exact) mass is 221 g/mol. The van der Waals surface area contributed by atoms with Gasteiger partial charge in [-0.2, -0.15) is 5.10 Å². The van der Waals surface area contributed by atoms with Crippen LogP contribution in [0.2, 0.25) is 0 Å². The van der Waals surface area contributed by atoms with Crippen LogP contribution in [0.25, 0.3) is 0 Å². The van der Waals surface area contributed by atoms with Crippen LogP contribution in [0.3, 0.4) is 0 Å². The lowest BCUT2D eigenvalue weighted by atomic mass is 10.3. The maximum absolute atomic E-state index is 5.49. The first-order valence-corrected chi connectivity index (χ1v) is 5.60. The van der Waals surface area contributed by atoms with Gasteiger partial charge in [0.2, 0.25) is 0 Å². The number of nitrogens with two attached hydrogens (primary N) is 1. The Hall–Kier alpha value is -1.33. The van der Waals surface area contributed by atoms with Crippen LogP contribution < -0.4 is 11.1 Å². The Morgan fingerprint density at radius 1 is 1.62 bits per heavy atom. The highest BCUT2D eigenvalue weighted by atomic mass is 15.3. The van der Waals surface area contributed by atoms with E-state index in [9.17, 15) is 0 Å². The van der Waals surface area contributed by atoms with E-state index >= 15 is 0 Å². The summed E-state index contributed by atoms with van der Waals surface area (Å²) in [6.07, 6.45) is 2.14. The fraction of sp³-hybridized carbons (Fsp3) is 0.545. The smallest absolute Gasteiger partial charge is 0.0810 e. The summed E-state index contributed by atoms with van der Waals surface area (Å²) in [6, 6.07) is 0. The molecule has 2 rings (SSSR count). The molecule has 0 amide bonds. The average molecular weight is 221 g/mol. The third-order valence-electron chi connectivity index (χ3n) is 2.70. The Balaban J connectivity index is 1.82. The van der Waals surface area contributed by atoms with Crippen LogP contribution in [-0.4, -0.2) is 27.9 Å². The van der Waals surface area contributed by atoms with Crippen LogP contribution in [0.4, 0.5) is 0 Å². The first-order chi connectivity index (χ1) is 7.69. The van der Waals surface area contributed by atoms with Gasteiger partial charge in [0.05, 0.1) is 5.69 Å². The largest absolute Gasteiger partial charge is 0.401 e. The Kier molecular flexibility index (Phi) is 3.26. The number of nitrogens with one attached hydrogen (secondary N) is 1. The number of hydrogen-bond donors (Lipinski definition) is 2. The summed E-state index contributed by atoms with van der Waals surface area (Å²) in [6.45, 7) is 10.1. The molecule has 0 fully saturated rings. The molecule has 3 N–H and O–H groups in total. The summed E-state index contributed by atoms with van der Waals surface area (Å²) >= 11 is 0. The zero-order valence-corrected chi connectivity index (χ0v) is 9.74. The van der Waals surface area contributed by atoms with Gasteiger partial charge in [-0.1, -0.05) is 6.58 Å². The molecule has 1 aromatic rings. The van der Waals surface area contributed by atoms with Crippen molar-refractivity contribution in [1.29, 1.82) is 0 Å². The molecule has 16 heavy (non-hydrogen) atoms. The maximum atomic E-state index is 5.49. The molecule has 5 heteroatoms. The van der Waals surface area contributed by atoms with Crippen LogP contribution in [0.15, 0.2) is 18.5 Å². The lowest BCUT2D eigenvalue weighted by Crippen LogP contribution is -2.32. The minimum Gasteiger partial charge on any atom is -0.401 e. The Bertz CT molecular complexity index is 358. The molecule has 2 heterocycles. The van der Waals surface area contributed by atoms with E-state index in [0.29, 0.717) is 12.2 Å². The van der Waals surface area contributed by atoms with E-state index in [4.69, 9.17) is 5.73 Å². The summed E-state index contributed by atoms with van der Waals surface area (Å²) in [5.74, 6) is 0. The van der Waals surface area contributed by atoms with Crippen molar-refractivity contribution in [2.45, 2.75) is 26.6 Å². The second-order valence-electron chi connectivity index (χ2n) is 4.19. The topological polar surface area (TPSA) is 59.1 Å². The van der Waals surface area contributed by atoms with Gasteiger partial charge in [0.15, 0.2) is 0 Å². The summed E-state index contributed by atoms with van der Waals surface area (Å²) in [7, 11) is 0. The molecule has 0 atom stereocenters. The number of fused-ring (bicyclic) bond motifs is 1. The summed E-state index contributed by atoms with van der Waals surface area (Å²) in [5.41, 5.74) is 8.71. The number of aryl methyl sites for hydroxylation is 1. The Morgan fingerprint density at radius 3 is 3.06 bits per heavy atom. The quantitative estimate of drug-likeness (QED) is 0.747. The van der Waals surface area contributed by atoms with Gasteiger partial charge < -0.3 is 5.73 Å². The van der Waals surface area contributed by atoms with Crippen LogP contribution in [-0.2, 0) is 19.6 Å². The van der Waals surface area contributed by atoms with Gasteiger partial charge in [-0.05, 0) is 6.92 Å². The predicted octanol–water partition coefficient (Wildman–Crippen LogP) is 0.238. The summed E-state index contributed by atoms with van der Waals surface area (Å²) < 4.78 is 2.00. The third-order valence-corrected chi connectivity index (χ3v) is 2.70. The van der Waals surface area contributed by atoms with Crippen LogP contribution in [0.1, 0.15) is 18.2 Å². The van der Waals surface area contributed by atoms with E-state index in [0.717, 1.165) is 26.3 Å². The van der Waals surface area contributed by atoms with E-state index < -0.39 is 0 Å². The van der Waals surface area contributed by atoms with E-state index in [1.54, 1.807) is 0 Å². The zero-order chi connectivity index (χ0) is 11.5. The zero-order valence-electron chi connectivity index (χ0n) is 9.74. The van der Waals surface area contributed by atoms with Crippen molar-refractivity contribution in [3.63, 3.8) is 0 Å². The molecule has 0 aromatic carbocycles. The van der Waals surface area contributed by atoms with Crippen molar-refractivity contribution in [3.05, 3.63) is 29.7 Å². The van der Waals surface area contributed by atoms with Gasteiger partial charge in [-0.15, -0.1) is 0 Å². The van der Waals surface area contributed by atoms with Gasteiger partial charge in [-0.3, -0.25) is 14.9 Å². The van der Waals surface area contributed by atoms with Gasteiger partial charge >= 0.3 is 0 Å². The normalized spacial score (nSPS) is 15.3. The van der Waals surface area contributed by atoms with Gasteiger partial charge in [0.1, 0.15) is 0 Å². The highest BCUT2D eigenvalue weighted by Gasteiger charge is 2.21. The van der Waals surface area contributed by atoms with Crippen LogP contribution >= 0.6 is 0 Å². The molecule has 0 spiro atoms. The molecule has 0 unspecified atom stereocenters.